The van der Waals surface area contributed by atoms with E-state index in [0.717, 1.165) is 24.1 Å². The molecule has 2 rings (SSSR count). The van der Waals surface area contributed by atoms with Gasteiger partial charge in [0.15, 0.2) is 0 Å². The average molecular weight is 342 g/mol. The van der Waals surface area contributed by atoms with E-state index in [0.29, 0.717) is 19.5 Å². The van der Waals surface area contributed by atoms with Gasteiger partial charge in [-0.05, 0) is 18.9 Å². The first kappa shape index (κ1) is 17.9. The van der Waals surface area contributed by atoms with E-state index < -0.39 is 16.1 Å². The quantitative estimate of drug-likeness (QED) is 0.887. The number of carbonyl (C=O) groups excluding carboxylic acids is 1. The molecule has 1 N–H and O–H groups in total. The summed E-state index contributed by atoms with van der Waals surface area (Å²) < 4.78 is 24.9. The van der Waals surface area contributed by atoms with E-state index in [9.17, 15) is 13.2 Å². The van der Waals surface area contributed by atoms with Crippen LogP contribution in [0.25, 0.3) is 0 Å². The zero-order valence-electron chi connectivity index (χ0n) is 14.5. The molecule has 1 aliphatic rings. The minimum Gasteiger partial charge on any atom is -0.338 e. The van der Waals surface area contributed by atoms with E-state index in [-0.39, 0.29) is 11.3 Å². The molecule has 0 aromatic carbocycles. The number of hydrogen-bond donors (Lipinski definition) is 1. The lowest BCUT2D eigenvalue weighted by Crippen LogP contribution is -2.45. The smallest absolute Gasteiger partial charge is 0.241 e. The van der Waals surface area contributed by atoms with E-state index in [2.05, 4.69) is 31.0 Å². The first-order valence-corrected chi connectivity index (χ1v) is 9.61. The Morgan fingerprint density at radius 1 is 1.48 bits per heavy atom. The number of likely N-dealkylation sites (N-methyl/N-ethyl adjacent to an activating group) is 1. The van der Waals surface area contributed by atoms with Gasteiger partial charge >= 0.3 is 0 Å². The molecular formula is C15H26N4O3S. The monoisotopic (exact) mass is 342 g/mol. The second kappa shape index (κ2) is 6.24. The predicted molar refractivity (Wildman–Crippen MR) is 88.3 cm³/mol. The molecule has 1 aromatic rings. The van der Waals surface area contributed by atoms with Crippen LogP contribution in [0.5, 0.6) is 0 Å². The molecule has 1 aromatic heterocycles. The van der Waals surface area contributed by atoms with Crippen LogP contribution < -0.4 is 0 Å². The topological polar surface area (TPSA) is 86.4 Å². The molecule has 1 aliphatic heterocycles. The van der Waals surface area contributed by atoms with Gasteiger partial charge in [-0.25, -0.2) is 8.42 Å². The Labute approximate surface area is 138 Å². The maximum atomic E-state index is 12.6. The van der Waals surface area contributed by atoms with Crippen molar-refractivity contribution in [2.45, 2.75) is 51.6 Å². The van der Waals surface area contributed by atoms with Gasteiger partial charge in [0.2, 0.25) is 15.9 Å². The van der Waals surface area contributed by atoms with Crippen molar-refractivity contribution in [2.24, 2.45) is 0 Å². The second-order valence-corrected chi connectivity index (χ2v) is 9.19. The largest absolute Gasteiger partial charge is 0.338 e. The molecule has 8 heteroatoms. The van der Waals surface area contributed by atoms with Crippen LogP contribution in [-0.2, 0) is 26.8 Å². The van der Waals surface area contributed by atoms with Gasteiger partial charge in [0.1, 0.15) is 6.04 Å². The van der Waals surface area contributed by atoms with E-state index in [4.69, 9.17) is 0 Å². The Hall–Kier alpha value is -1.41. The fourth-order valence-corrected chi connectivity index (χ4v) is 3.92. The number of hydrogen-bond acceptors (Lipinski definition) is 4. The summed E-state index contributed by atoms with van der Waals surface area (Å²) in [5, 5.41) is 7.24. The molecule has 0 spiro atoms. The zero-order valence-corrected chi connectivity index (χ0v) is 15.3. The summed E-state index contributed by atoms with van der Waals surface area (Å²) in [6, 6.07) is 1.37. The van der Waals surface area contributed by atoms with Gasteiger partial charge in [-0.2, -0.15) is 9.40 Å². The summed E-state index contributed by atoms with van der Waals surface area (Å²) in [6.07, 6.45) is 2.45. The van der Waals surface area contributed by atoms with Crippen molar-refractivity contribution >= 4 is 15.9 Å². The van der Waals surface area contributed by atoms with Crippen molar-refractivity contribution in [3.05, 3.63) is 17.5 Å². The Morgan fingerprint density at radius 3 is 2.65 bits per heavy atom. The van der Waals surface area contributed by atoms with E-state index in [1.54, 1.807) is 11.9 Å². The highest BCUT2D eigenvalue weighted by Crippen LogP contribution is 2.23. The fourth-order valence-electron chi connectivity index (χ4n) is 2.80. The van der Waals surface area contributed by atoms with Gasteiger partial charge in [0, 0.05) is 19.0 Å². The van der Waals surface area contributed by atoms with Gasteiger partial charge in [0.05, 0.1) is 24.2 Å². The molecule has 23 heavy (non-hydrogen) atoms. The minimum absolute atomic E-state index is 0.0597. The Morgan fingerprint density at radius 2 is 2.13 bits per heavy atom. The molecule has 1 amide bonds. The summed E-state index contributed by atoms with van der Waals surface area (Å²) >= 11 is 0. The summed E-state index contributed by atoms with van der Waals surface area (Å²) in [7, 11) is -1.66. The third-order valence-corrected chi connectivity index (χ3v) is 5.39. The van der Waals surface area contributed by atoms with Crippen LogP contribution in [-0.4, -0.2) is 59.6 Å². The van der Waals surface area contributed by atoms with E-state index in [1.165, 1.54) is 4.31 Å². The summed E-state index contributed by atoms with van der Waals surface area (Å²) in [4.78, 5) is 14.2. The molecular weight excluding hydrogens is 316 g/mol. The molecule has 1 atom stereocenters. The summed E-state index contributed by atoms with van der Waals surface area (Å²) in [6.45, 7) is 7.02. The number of carbonyl (C=O) groups is 1. The van der Waals surface area contributed by atoms with Crippen LogP contribution in [0.3, 0.4) is 0 Å². The molecule has 0 saturated carbocycles. The lowest BCUT2D eigenvalue weighted by atomic mass is 9.92. The SMILES string of the molecule is CN(Cc1cc(C(C)(C)C)n[nH]1)C(=O)[C@@H]1CCCN1S(C)(=O)=O. The third kappa shape index (κ3) is 4.11. The highest BCUT2D eigenvalue weighted by Gasteiger charge is 2.37. The van der Waals surface area contributed by atoms with Crippen molar-refractivity contribution < 1.29 is 13.2 Å². The van der Waals surface area contributed by atoms with Crippen LogP contribution in [0.1, 0.15) is 45.0 Å². The van der Waals surface area contributed by atoms with E-state index in [1.807, 2.05) is 6.07 Å². The molecule has 2 heterocycles. The van der Waals surface area contributed by atoms with Crippen molar-refractivity contribution in [1.82, 2.24) is 19.4 Å². The average Bonchev–Trinajstić information content (AvgIpc) is 3.04. The van der Waals surface area contributed by atoms with Crippen molar-refractivity contribution in [2.75, 3.05) is 19.8 Å². The first-order chi connectivity index (χ1) is 10.5. The third-order valence-electron chi connectivity index (χ3n) is 4.10. The van der Waals surface area contributed by atoms with Crippen LogP contribution >= 0.6 is 0 Å². The number of H-pyrrole nitrogens is 1. The van der Waals surface area contributed by atoms with Crippen LogP contribution in [0, 0.1) is 0 Å². The maximum absolute atomic E-state index is 12.6. The van der Waals surface area contributed by atoms with Crippen LogP contribution in [0.2, 0.25) is 0 Å². The maximum Gasteiger partial charge on any atom is 0.241 e. The standard InChI is InChI=1S/C15H26N4O3S/c1-15(2,3)13-9-11(16-17-13)10-18(4)14(20)12-7-6-8-19(12)23(5,21)22/h9,12H,6-8,10H2,1-5H3,(H,16,17)/t12-/m0/s1. The molecule has 7 nitrogen and oxygen atoms in total. The molecule has 130 valence electrons. The molecule has 1 saturated heterocycles. The number of amides is 1. The Balaban J connectivity index is 2.07. The normalized spacial score (nSPS) is 20.0. The van der Waals surface area contributed by atoms with Gasteiger partial charge < -0.3 is 4.90 Å². The van der Waals surface area contributed by atoms with Gasteiger partial charge in [-0.3, -0.25) is 9.89 Å². The predicted octanol–water partition coefficient (Wildman–Crippen LogP) is 1.09. The number of rotatable bonds is 4. The fraction of sp³-hybridized carbons (Fsp3) is 0.733. The van der Waals surface area contributed by atoms with Crippen molar-refractivity contribution in [3.63, 3.8) is 0 Å². The number of nitrogens with zero attached hydrogens (tertiary/aromatic N) is 3. The molecule has 0 unspecified atom stereocenters. The molecule has 0 radical (unpaired) electrons. The zero-order chi connectivity index (χ0) is 17.4. The molecule has 0 bridgehead atoms. The summed E-state index contributed by atoms with van der Waals surface area (Å²) in [5.41, 5.74) is 1.72. The van der Waals surface area contributed by atoms with Gasteiger partial charge in [-0.1, -0.05) is 20.8 Å². The second-order valence-electron chi connectivity index (χ2n) is 7.25. The molecule has 1 fully saturated rings. The van der Waals surface area contributed by atoms with Crippen molar-refractivity contribution in [3.8, 4) is 0 Å². The van der Waals surface area contributed by atoms with Gasteiger partial charge in [-0.15, -0.1) is 0 Å². The number of nitrogens with one attached hydrogen (secondary N) is 1. The number of aromatic nitrogens is 2. The Bertz CT molecular complexity index is 675. The van der Waals surface area contributed by atoms with Crippen molar-refractivity contribution in [1.29, 1.82) is 0 Å². The van der Waals surface area contributed by atoms with Crippen LogP contribution in [0.4, 0.5) is 0 Å². The Kier molecular flexibility index (Phi) is 4.86. The number of aromatic amines is 1. The lowest BCUT2D eigenvalue weighted by Gasteiger charge is -2.26. The van der Waals surface area contributed by atoms with Gasteiger partial charge in [0.25, 0.3) is 0 Å². The molecule has 0 aliphatic carbocycles. The van der Waals surface area contributed by atoms with Crippen LogP contribution in [0.15, 0.2) is 6.07 Å². The highest BCUT2D eigenvalue weighted by atomic mass is 32.2. The first-order valence-electron chi connectivity index (χ1n) is 7.76. The minimum atomic E-state index is -3.35. The highest BCUT2D eigenvalue weighted by molar-refractivity contribution is 7.88. The number of sulfonamides is 1. The van der Waals surface area contributed by atoms with E-state index >= 15 is 0 Å². The lowest BCUT2D eigenvalue weighted by molar-refractivity contribution is -0.133. The summed E-state index contributed by atoms with van der Waals surface area (Å²) in [5.74, 6) is -0.167.